The Morgan fingerprint density at radius 1 is 0.732 bits per heavy atom. The van der Waals surface area contributed by atoms with Crippen molar-refractivity contribution in [2.75, 3.05) is 6.61 Å². The third-order valence-corrected chi connectivity index (χ3v) is 7.44. The Bertz CT molecular complexity index is 1960. The SMILES string of the molecule is Cc1ccnc(-c2ccc3c4ccccc4n(-c4cc(C5=N[C@H](C(F)(F)F)CO5)cc(-c5ccccc5)c4)c3c2)c1. The highest BCUT2D eigenvalue weighted by Gasteiger charge is 2.43. The van der Waals surface area contributed by atoms with Crippen LogP contribution in [0.15, 0.2) is 114 Å². The van der Waals surface area contributed by atoms with Crippen LogP contribution in [0, 0.1) is 6.92 Å². The zero-order valence-electron chi connectivity index (χ0n) is 22.1. The molecule has 7 rings (SSSR count). The van der Waals surface area contributed by atoms with Gasteiger partial charge in [-0.25, -0.2) is 4.99 Å². The molecule has 0 fully saturated rings. The van der Waals surface area contributed by atoms with Gasteiger partial charge in [0.15, 0.2) is 6.04 Å². The van der Waals surface area contributed by atoms with Crippen molar-refractivity contribution in [3.8, 4) is 28.1 Å². The fraction of sp³-hybridized carbons (Fsp3) is 0.118. The number of aliphatic imine (C=N–C) groups is 1. The van der Waals surface area contributed by atoms with Gasteiger partial charge in [0.05, 0.1) is 16.7 Å². The summed E-state index contributed by atoms with van der Waals surface area (Å²) in [5, 5.41) is 2.14. The smallest absolute Gasteiger partial charge is 0.414 e. The quantitative estimate of drug-likeness (QED) is 0.222. The molecule has 3 heterocycles. The van der Waals surface area contributed by atoms with Crippen molar-refractivity contribution in [2.45, 2.75) is 19.1 Å². The number of nitrogens with zero attached hydrogens (tertiary/aromatic N) is 3. The van der Waals surface area contributed by atoms with E-state index in [9.17, 15) is 13.2 Å². The van der Waals surface area contributed by atoms with E-state index in [1.54, 1.807) is 6.20 Å². The fourth-order valence-electron chi connectivity index (χ4n) is 5.46. The molecule has 0 saturated heterocycles. The molecule has 0 spiro atoms. The van der Waals surface area contributed by atoms with Crippen LogP contribution in [0.1, 0.15) is 11.1 Å². The molecule has 41 heavy (non-hydrogen) atoms. The lowest BCUT2D eigenvalue weighted by Crippen LogP contribution is -2.27. The van der Waals surface area contributed by atoms with Crippen molar-refractivity contribution in [2.24, 2.45) is 4.99 Å². The summed E-state index contributed by atoms with van der Waals surface area (Å²) in [4.78, 5) is 8.51. The van der Waals surface area contributed by atoms with Crippen molar-refractivity contribution in [3.63, 3.8) is 0 Å². The van der Waals surface area contributed by atoms with Gasteiger partial charge in [0.1, 0.15) is 6.61 Å². The summed E-state index contributed by atoms with van der Waals surface area (Å²) >= 11 is 0. The number of hydrogen-bond donors (Lipinski definition) is 0. The van der Waals surface area contributed by atoms with Gasteiger partial charge in [0.2, 0.25) is 5.90 Å². The maximum Gasteiger partial charge on any atom is 0.414 e. The zero-order valence-corrected chi connectivity index (χ0v) is 22.1. The molecule has 2 aromatic heterocycles. The Balaban J connectivity index is 1.49. The lowest BCUT2D eigenvalue weighted by atomic mass is 10.0. The molecule has 0 radical (unpaired) electrons. The minimum absolute atomic E-state index is 0.00299. The first kappa shape index (κ1) is 25.1. The van der Waals surface area contributed by atoms with E-state index >= 15 is 0 Å². The van der Waals surface area contributed by atoms with E-state index in [0.717, 1.165) is 55.4 Å². The highest BCUT2D eigenvalue weighted by atomic mass is 19.4. The molecule has 4 aromatic carbocycles. The van der Waals surface area contributed by atoms with Gasteiger partial charge in [0, 0.05) is 33.8 Å². The number of rotatable bonds is 4. The molecule has 4 nitrogen and oxygen atoms in total. The summed E-state index contributed by atoms with van der Waals surface area (Å²) in [5.74, 6) is -0.00299. The predicted molar refractivity (Wildman–Crippen MR) is 157 cm³/mol. The van der Waals surface area contributed by atoms with Gasteiger partial charge in [-0.15, -0.1) is 0 Å². The molecular formula is C34H24F3N3O. The number of fused-ring (bicyclic) bond motifs is 3. The van der Waals surface area contributed by atoms with Crippen molar-refractivity contribution >= 4 is 27.7 Å². The third-order valence-electron chi connectivity index (χ3n) is 7.44. The molecule has 7 heteroatoms. The van der Waals surface area contributed by atoms with Crippen LogP contribution in [0.5, 0.6) is 0 Å². The first-order valence-electron chi connectivity index (χ1n) is 13.3. The van der Waals surface area contributed by atoms with Gasteiger partial charge < -0.3 is 9.30 Å². The van der Waals surface area contributed by atoms with E-state index in [1.807, 2.05) is 67.6 Å². The molecule has 1 atom stereocenters. The van der Waals surface area contributed by atoms with Gasteiger partial charge in [-0.05, 0) is 66.1 Å². The summed E-state index contributed by atoms with van der Waals surface area (Å²) in [6.07, 6.45) is -2.66. The van der Waals surface area contributed by atoms with E-state index in [4.69, 9.17) is 4.74 Å². The average molecular weight is 548 g/mol. The molecule has 0 bridgehead atoms. The summed E-state index contributed by atoms with van der Waals surface area (Å²) < 4.78 is 48.0. The third kappa shape index (κ3) is 4.53. The number of benzene rings is 4. The van der Waals surface area contributed by atoms with Crippen LogP contribution in [-0.4, -0.2) is 34.3 Å². The highest BCUT2D eigenvalue weighted by Crippen LogP contribution is 2.37. The van der Waals surface area contributed by atoms with E-state index in [0.29, 0.717) is 5.56 Å². The molecule has 0 N–H and O–H groups in total. The Hall–Kier alpha value is -4.91. The Morgan fingerprint density at radius 3 is 2.27 bits per heavy atom. The molecule has 1 aliphatic rings. The van der Waals surface area contributed by atoms with Crippen molar-refractivity contribution in [1.82, 2.24) is 9.55 Å². The molecule has 202 valence electrons. The van der Waals surface area contributed by atoms with E-state index < -0.39 is 18.8 Å². The summed E-state index contributed by atoms with van der Waals surface area (Å²) in [6.45, 7) is 1.51. The normalized spacial score (nSPS) is 15.3. The number of halogens is 3. The van der Waals surface area contributed by atoms with Crippen LogP contribution < -0.4 is 0 Å². The van der Waals surface area contributed by atoms with Crippen LogP contribution in [0.25, 0.3) is 49.9 Å². The number of aryl methyl sites for hydroxylation is 1. The van der Waals surface area contributed by atoms with Gasteiger partial charge in [0.25, 0.3) is 0 Å². The van der Waals surface area contributed by atoms with Gasteiger partial charge in [-0.1, -0.05) is 60.7 Å². The van der Waals surface area contributed by atoms with Gasteiger partial charge in [-0.3, -0.25) is 4.98 Å². The van der Waals surface area contributed by atoms with Crippen LogP contribution in [0.3, 0.4) is 0 Å². The second-order valence-corrected chi connectivity index (χ2v) is 10.2. The van der Waals surface area contributed by atoms with Crippen LogP contribution in [0.2, 0.25) is 0 Å². The van der Waals surface area contributed by atoms with Crippen molar-refractivity contribution in [3.05, 3.63) is 120 Å². The molecule has 6 aromatic rings. The fourth-order valence-corrected chi connectivity index (χ4v) is 5.46. The Labute approximate surface area is 234 Å². The maximum atomic E-state index is 13.5. The second kappa shape index (κ2) is 9.63. The monoisotopic (exact) mass is 547 g/mol. The average Bonchev–Trinajstić information content (AvgIpc) is 3.61. The number of pyridine rings is 1. The Morgan fingerprint density at radius 2 is 1.49 bits per heavy atom. The Kier molecular flexibility index (Phi) is 5.89. The minimum atomic E-state index is -4.46. The topological polar surface area (TPSA) is 39.4 Å². The predicted octanol–water partition coefficient (Wildman–Crippen LogP) is 8.53. The summed E-state index contributed by atoms with van der Waals surface area (Å²) in [6, 6.07) is 32.1. The highest BCUT2D eigenvalue weighted by molar-refractivity contribution is 6.10. The number of hydrogen-bond acceptors (Lipinski definition) is 3. The zero-order chi connectivity index (χ0) is 28.1. The van der Waals surface area contributed by atoms with E-state index in [2.05, 4.69) is 57.0 Å². The molecule has 0 saturated carbocycles. The number of ether oxygens (including phenoxy) is 1. The lowest BCUT2D eigenvalue weighted by Gasteiger charge is -2.14. The first-order valence-corrected chi connectivity index (χ1v) is 13.3. The summed E-state index contributed by atoms with van der Waals surface area (Å²) in [7, 11) is 0. The number of aromatic nitrogens is 2. The lowest BCUT2D eigenvalue weighted by molar-refractivity contribution is -0.149. The van der Waals surface area contributed by atoms with Gasteiger partial charge in [-0.2, -0.15) is 13.2 Å². The maximum absolute atomic E-state index is 13.5. The molecular weight excluding hydrogens is 523 g/mol. The molecule has 0 unspecified atom stereocenters. The summed E-state index contributed by atoms with van der Waals surface area (Å²) in [5.41, 5.74) is 7.98. The van der Waals surface area contributed by atoms with E-state index in [-0.39, 0.29) is 5.90 Å². The molecule has 0 amide bonds. The standard InChI is InChI=1S/C34H24F3N3O/c1-21-13-14-38-29(15-21)23-11-12-28-27-9-5-6-10-30(27)40(31(28)19-23)26-17-24(22-7-3-2-4-8-22)16-25(18-26)33-39-32(20-41-33)34(35,36)37/h2-19,32H,20H2,1H3/t32-/m0/s1. The molecule has 0 aliphatic carbocycles. The van der Waals surface area contributed by atoms with Crippen LogP contribution >= 0.6 is 0 Å². The van der Waals surface area contributed by atoms with Crippen LogP contribution in [-0.2, 0) is 4.74 Å². The van der Waals surface area contributed by atoms with Gasteiger partial charge >= 0.3 is 6.18 Å². The number of alkyl halides is 3. The molecule has 1 aliphatic heterocycles. The van der Waals surface area contributed by atoms with Crippen molar-refractivity contribution < 1.29 is 17.9 Å². The van der Waals surface area contributed by atoms with Crippen molar-refractivity contribution in [1.29, 1.82) is 0 Å². The first-order chi connectivity index (χ1) is 19.8. The second-order valence-electron chi connectivity index (χ2n) is 10.2. The van der Waals surface area contributed by atoms with Crippen LogP contribution in [0.4, 0.5) is 13.2 Å². The number of para-hydroxylation sites is 1. The van der Waals surface area contributed by atoms with E-state index in [1.165, 1.54) is 0 Å². The largest absolute Gasteiger partial charge is 0.475 e. The minimum Gasteiger partial charge on any atom is -0.475 e.